The number of carbonyl (C=O) groups excluding carboxylic acids is 2. The first-order valence-electron chi connectivity index (χ1n) is 11.2. The van der Waals surface area contributed by atoms with Gasteiger partial charge >= 0.3 is 5.97 Å². The average Bonchev–Trinajstić information content (AvgIpc) is 3.23. The summed E-state index contributed by atoms with van der Waals surface area (Å²) in [5.41, 5.74) is 5.42. The van der Waals surface area contributed by atoms with E-state index < -0.39 is 18.0 Å². The number of nitrogens with zero attached hydrogens (tertiary/aromatic N) is 4. The van der Waals surface area contributed by atoms with Crippen LogP contribution in [-0.4, -0.2) is 37.7 Å². The van der Waals surface area contributed by atoms with Crippen LogP contribution < -0.4 is 5.32 Å². The normalized spacial score (nSPS) is 11.9. The van der Waals surface area contributed by atoms with Crippen LogP contribution in [0, 0.1) is 27.7 Å². The first kappa shape index (κ1) is 24.4. The van der Waals surface area contributed by atoms with Gasteiger partial charge in [-0.25, -0.2) is 9.50 Å². The highest BCUT2D eigenvalue weighted by Gasteiger charge is 2.26. The standard InChI is InChI=1S/C26H27N5O3S/c1-15-11-16(2)13-20(12-15)28-24(33)23(19-9-7-6-8-10-19)34-22(32)14-21-17(3)27-25-29-26(35-5)30-31(25)18(21)4/h6-13,23H,14H2,1-5H3,(H,28,33). The molecule has 4 rings (SSSR count). The minimum atomic E-state index is -1.10. The minimum absolute atomic E-state index is 0.0464. The molecule has 35 heavy (non-hydrogen) atoms. The second-order valence-corrected chi connectivity index (χ2v) is 9.17. The molecule has 1 unspecified atom stereocenters. The molecular formula is C26H27N5O3S. The average molecular weight is 490 g/mol. The Morgan fingerprint density at radius 3 is 2.37 bits per heavy atom. The lowest BCUT2D eigenvalue weighted by molar-refractivity contribution is -0.154. The smallest absolute Gasteiger partial charge is 0.311 e. The number of hydrogen-bond acceptors (Lipinski definition) is 7. The number of rotatable bonds is 7. The van der Waals surface area contributed by atoms with Crippen LogP contribution in [0.15, 0.2) is 53.7 Å². The molecule has 1 atom stereocenters. The maximum absolute atomic E-state index is 13.2. The van der Waals surface area contributed by atoms with Crippen LogP contribution >= 0.6 is 11.8 Å². The summed E-state index contributed by atoms with van der Waals surface area (Å²) in [4.78, 5) is 35.2. The number of aryl methyl sites for hydroxylation is 4. The van der Waals surface area contributed by atoms with Gasteiger partial charge in [-0.2, -0.15) is 4.98 Å². The molecule has 0 aliphatic heterocycles. The van der Waals surface area contributed by atoms with E-state index in [1.807, 2.05) is 58.2 Å². The van der Waals surface area contributed by atoms with Gasteiger partial charge in [0.25, 0.3) is 11.7 Å². The number of anilines is 1. The Kier molecular flexibility index (Phi) is 7.16. The van der Waals surface area contributed by atoms with Crippen molar-refractivity contribution >= 4 is 35.1 Å². The Balaban J connectivity index is 1.59. The second-order valence-electron chi connectivity index (χ2n) is 8.39. The van der Waals surface area contributed by atoms with Crippen molar-refractivity contribution in [2.24, 2.45) is 0 Å². The number of hydrogen-bond donors (Lipinski definition) is 1. The third-order valence-electron chi connectivity index (χ3n) is 5.61. The zero-order valence-electron chi connectivity index (χ0n) is 20.3. The molecule has 2 heterocycles. The first-order valence-corrected chi connectivity index (χ1v) is 12.4. The predicted octanol–water partition coefficient (Wildman–Crippen LogP) is 4.55. The van der Waals surface area contributed by atoms with Crippen molar-refractivity contribution in [3.05, 3.63) is 82.2 Å². The Bertz CT molecular complexity index is 1380. The van der Waals surface area contributed by atoms with Crippen molar-refractivity contribution in [3.63, 3.8) is 0 Å². The number of aromatic nitrogens is 4. The molecule has 0 radical (unpaired) electrons. The van der Waals surface area contributed by atoms with Crippen LogP contribution in [0.2, 0.25) is 0 Å². The van der Waals surface area contributed by atoms with Crippen molar-refractivity contribution in [2.45, 2.75) is 45.4 Å². The summed E-state index contributed by atoms with van der Waals surface area (Å²) >= 11 is 1.42. The summed E-state index contributed by atoms with van der Waals surface area (Å²) in [5, 5.41) is 7.93. The summed E-state index contributed by atoms with van der Waals surface area (Å²) in [6.45, 7) is 7.61. The van der Waals surface area contributed by atoms with Gasteiger partial charge in [0, 0.05) is 28.2 Å². The van der Waals surface area contributed by atoms with E-state index in [0.29, 0.717) is 33.4 Å². The number of amides is 1. The summed E-state index contributed by atoms with van der Waals surface area (Å²) in [6, 6.07) is 14.8. The van der Waals surface area contributed by atoms with E-state index in [-0.39, 0.29) is 6.42 Å². The van der Waals surface area contributed by atoms with Crippen molar-refractivity contribution < 1.29 is 14.3 Å². The summed E-state index contributed by atoms with van der Waals surface area (Å²) in [6.07, 6.45) is 0.744. The number of esters is 1. The van der Waals surface area contributed by atoms with Crippen LogP contribution in [-0.2, 0) is 20.7 Å². The summed E-state index contributed by atoms with van der Waals surface area (Å²) in [7, 11) is 0. The monoisotopic (exact) mass is 489 g/mol. The van der Waals surface area contributed by atoms with Gasteiger partial charge < -0.3 is 10.1 Å². The maximum atomic E-state index is 13.2. The van der Waals surface area contributed by atoms with Crippen LogP contribution in [0.3, 0.4) is 0 Å². The second kappa shape index (κ2) is 10.3. The summed E-state index contributed by atoms with van der Waals surface area (Å²) < 4.78 is 7.38. The molecule has 0 saturated carbocycles. The zero-order valence-corrected chi connectivity index (χ0v) is 21.1. The van der Waals surface area contributed by atoms with Crippen LogP contribution in [0.25, 0.3) is 5.78 Å². The van der Waals surface area contributed by atoms with Crippen LogP contribution in [0.5, 0.6) is 0 Å². The third-order valence-corrected chi connectivity index (χ3v) is 6.15. The van der Waals surface area contributed by atoms with E-state index >= 15 is 0 Å². The molecule has 0 aliphatic carbocycles. The van der Waals surface area contributed by atoms with Gasteiger partial charge in [-0.05, 0) is 57.2 Å². The summed E-state index contributed by atoms with van der Waals surface area (Å²) in [5.74, 6) is -0.471. The molecule has 4 aromatic rings. The lowest BCUT2D eigenvalue weighted by Crippen LogP contribution is -2.27. The van der Waals surface area contributed by atoms with Crippen molar-refractivity contribution in [1.82, 2.24) is 19.6 Å². The van der Waals surface area contributed by atoms with E-state index in [4.69, 9.17) is 4.74 Å². The Morgan fingerprint density at radius 2 is 1.71 bits per heavy atom. The number of fused-ring (bicyclic) bond motifs is 1. The largest absolute Gasteiger partial charge is 0.447 e. The fraction of sp³-hybridized carbons (Fsp3) is 0.269. The van der Waals surface area contributed by atoms with Gasteiger partial charge in [-0.3, -0.25) is 9.59 Å². The number of carbonyl (C=O) groups is 2. The van der Waals surface area contributed by atoms with E-state index in [0.717, 1.165) is 16.8 Å². The van der Waals surface area contributed by atoms with Crippen molar-refractivity contribution in [3.8, 4) is 0 Å². The van der Waals surface area contributed by atoms with Crippen molar-refractivity contribution in [1.29, 1.82) is 0 Å². The lowest BCUT2D eigenvalue weighted by Gasteiger charge is -2.19. The topological polar surface area (TPSA) is 98.5 Å². The number of thioether (sulfide) groups is 1. The molecule has 2 aromatic heterocycles. The molecule has 1 amide bonds. The molecule has 0 aliphatic rings. The Hall–Kier alpha value is -3.72. The van der Waals surface area contributed by atoms with Gasteiger partial charge in [0.15, 0.2) is 0 Å². The van der Waals surface area contributed by atoms with Gasteiger partial charge in [-0.15, -0.1) is 5.10 Å². The van der Waals surface area contributed by atoms with Crippen LogP contribution in [0.4, 0.5) is 5.69 Å². The third kappa shape index (κ3) is 5.51. The quantitative estimate of drug-likeness (QED) is 0.300. The van der Waals surface area contributed by atoms with Gasteiger partial charge in [-0.1, -0.05) is 48.2 Å². The molecule has 2 aromatic carbocycles. The molecule has 1 N–H and O–H groups in total. The highest BCUT2D eigenvalue weighted by molar-refractivity contribution is 7.98. The zero-order chi connectivity index (χ0) is 25.1. The fourth-order valence-electron chi connectivity index (χ4n) is 4.01. The molecule has 8 nitrogen and oxygen atoms in total. The van der Waals surface area contributed by atoms with Crippen molar-refractivity contribution in [2.75, 3.05) is 11.6 Å². The molecule has 180 valence electrons. The van der Waals surface area contributed by atoms with Gasteiger partial charge in [0.05, 0.1) is 6.42 Å². The molecule has 0 saturated heterocycles. The Labute approximate surface area is 208 Å². The number of nitrogens with one attached hydrogen (secondary N) is 1. The molecular weight excluding hydrogens is 462 g/mol. The highest BCUT2D eigenvalue weighted by atomic mass is 32.2. The number of benzene rings is 2. The van der Waals surface area contributed by atoms with Gasteiger partial charge in [0.2, 0.25) is 11.3 Å². The molecule has 0 bridgehead atoms. The molecule has 0 fully saturated rings. The molecule has 0 spiro atoms. The van der Waals surface area contributed by atoms with Crippen LogP contribution in [0.1, 0.15) is 39.7 Å². The van der Waals surface area contributed by atoms with E-state index in [9.17, 15) is 9.59 Å². The highest BCUT2D eigenvalue weighted by Crippen LogP contribution is 2.23. The fourth-order valence-corrected chi connectivity index (χ4v) is 4.34. The van der Waals surface area contributed by atoms with E-state index in [2.05, 4.69) is 20.4 Å². The Morgan fingerprint density at radius 1 is 1.03 bits per heavy atom. The predicted molar refractivity (Wildman–Crippen MR) is 136 cm³/mol. The minimum Gasteiger partial charge on any atom is -0.447 e. The maximum Gasteiger partial charge on any atom is 0.311 e. The van der Waals surface area contributed by atoms with E-state index in [1.54, 1.807) is 28.8 Å². The first-order chi connectivity index (χ1) is 16.7. The number of ether oxygens (including phenoxy) is 1. The van der Waals surface area contributed by atoms with E-state index in [1.165, 1.54) is 11.8 Å². The van der Waals surface area contributed by atoms with Gasteiger partial charge in [0.1, 0.15) is 0 Å². The molecule has 9 heteroatoms. The lowest BCUT2D eigenvalue weighted by atomic mass is 10.1. The SMILES string of the molecule is CSc1nc2nc(C)c(CC(=O)OC(C(=O)Nc3cc(C)cc(C)c3)c3ccccc3)c(C)n2n1.